The van der Waals surface area contributed by atoms with Crippen molar-refractivity contribution in [2.45, 2.75) is 32.0 Å². The van der Waals surface area contributed by atoms with E-state index in [1.54, 1.807) is 6.92 Å². The van der Waals surface area contributed by atoms with E-state index in [0.29, 0.717) is 6.42 Å². The highest BCUT2D eigenvalue weighted by Crippen LogP contribution is 2.27. The summed E-state index contributed by atoms with van der Waals surface area (Å²) in [4.78, 5) is 11.6. The average Bonchev–Trinajstić information content (AvgIpc) is 2.34. The molecular formula is C13H16F4N2O2. The highest BCUT2D eigenvalue weighted by molar-refractivity contribution is 5.92. The van der Waals surface area contributed by atoms with E-state index in [2.05, 4.69) is 10.1 Å². The van der Waals surface area contributed by atoms with Gasteiger partial charge in [0, 0.05) is 18.5 Å². The van der Waals surface area contributed by atoms with Gasteiger partial charge in [-0.2, -0.15) is 13.2 Å². The van der Waals surface area contributed by atoms with E-state index in [-0.39, 0.29) is 23.9 Å². The Hall–Kier alpha value is -1.83. The summed E-state index contributed by atoms with van der Waals surface area (Å²) in [5.74, 6) is -1.42. The molecule has 4 nitrogen and oxygen atoms in total. The lowest BCUT2D eigenvalue weighted by atomic mass is 10.2. The lowest BCUT2D eigenvalue weighted by Crippen LogP contribution is -2.21. The van der Waals surface area contributed by atoms with Crippen molar-refractivity contribution < 1.29 is 27.1 Å². The molecule has 21 heavy (non-hydrogen) atoms. The Morgan fingerprint density at radius 2 is 2.10 bits per heavy atom. The number of alkyl halides is 3. The van der Waals surface area contributed by atoms with Gasteiger partial charge in [-0.05, 0) is 25.5 Å². The molecule has 1 aromatic carbocycles. The number of amides is 1. The van der Waals surface area contributed by atoms with Crippen LogP contribution in [0.25, 0.3) is 0 Å². The number of ether oxygens (including phenoxy) is 1. The Kier molecular flexibility index (Phi) is 5.95. The molecule has 0 aliphatic heterocycles. The van der Waals surface area contributed by atoms with Crippen LogP contribution in [0.2, 0.25) is 0 Å². The second kappa shape index (κ2) is 7.26. The van der Waals surface area contributed by atoms with Crippen molar-refractivity contribution in [3.8, 4) is 5.75 Å². The number of nitrogens with one attached hydrogen (secondary N) is 1. The number of rotatable bonds is 6. The normalized spacial score (nSPS) is 12.9. The lowest BCUT2D eigenvalue weighted by Gasteiger charge is -2.14. The maximum atomic E-state index is 13.1. The molecule has 0 spiro atoms. The molecule has 0 radical (unpaired) electrons. The number of benzene rings is 1. The Morgan fingerprint density at radius 1 is 1.43 bits per heavy atom. The maximum absolute atomic E-state index is 13.1. The first-order valence-electron chi connectivity index (χ1n) is 6.22. The molecule has 1 amide bonds. The van der Waals surface area contributed by atoms with Crippen LogP contribution >= 0.6 is 0 Å². The van der Waals surface area contributed by atoms with Gasteiger partial charge in [0.15, 0.2) is 6.61 Å². The van der Waals surface area contributed by atoms with E-state index in [1.807, 2.05) is 0 Å². The second-order valence-electron chi connectivity index (χ2n) is 4.61. The van der Waals surface area contributed by atoms with Crippen molar-refractivity contribution in [2.24, 2.45) is 5.73 Å². The summed E-state index contributed by atoms with van der Waals surface area (Å²) in [5, 5.41) is 2.32. The molecule has 8 heteroatoms. The average molecular weight is 308 g/mol. The first kappa shape index (κ1) is 17.2. The summed E-state index contributed by atoms with van der Waals surface area (Å²) < 4.78 is 54.1. The van der Waals surface area contributed by atoms with Gasteiger partial charge in [-0.25, -0.2) is 4.39 Å². The predicted molar refractivity (Wildman–Crippen MR) is 69.5 cm³/mol. The van der Waals surface area contributed by atoms with Crippen molar-refractivity contribution in [3.05, 3.63) is 24.0 Å². The molecule has 1 unspecified atom stereocenters. The molecule has 0 aliphatic carbocycles. The highest BCUT2D eigenvalue weighted by atomic mass is 19.4. The minimum absolute atomic E-state index is 0.0763. The van der Waals surface area contributed by atoms with Gasteiger partial charge < -0.3 is 15.8 Å². The van der Waals surface area contributed by atoms with Crippen LogP contribution < -0.4 is 15.8 Å². The van der Waals surface area contributed by atoms with Crippen LogP contribution in [0.4, 0.5) is 23.2 Å². The Balaban J connectivity index is 2.75. The summed E-state index contributed by atoms with van der Waals surface area (Å²) in [7, 11) is 0. The Labute approximate surface area is 119 Å². The van der Waals surface area contributed by atoms with Gasteiger partial charge in [-0.3, -0.25) is 4.79 Å². The van der Waals surface area contributed by atoms with E-state index >= 15 is 0 Å². The summed E-state index contributed by atoms with van der Waals surface area (Å²) >= 11 is 0. The van der Waals surface area contributed by atoms with Crippen molar-refractivity contribution in [3.63, 3.8) is 0 Å². The van der Waals surface area contributed by atoms with Crippen molar-refractivity contribution in [1.29, 1.82) is 0 Å². The van der Waals surface area contributed by atoms with Gasteiger partial charge in [0.1, 0.15) is 11.6 Å². The molecule has 0 aromatic heterocycles. The number of hydrogen-bond donors (Lipinski definition) is 2. The van der Waals surface area contributed by atoms with Gasteiger partial charge in [0.25, 0.3) is 0 Å². The molecule has 0 saturated heterocycles. The van der Waals surface area contributed by atoms with Crippen LogP contribution in [-0.4, -0.2) is 24.7 Å². The van der Waals surface area contributed by atoms with E-state index in [0.717, 1.165) is 18.2 Å². The zero-order valence-corrected chi connectivity index (χ0v) is 11.3. The number of halogens is 4. The summed E-state index contributed by atoms with van der Waals surface area (Å²) in [5.41, 5.74) is 5.35. The Morgan fingerprint density at radius 3 is 2.67 bits per heavy atom. The van der Waals surface area contributed by atoms with E-state index in [1.165, 1.54) is 0 Å². The summed E-state index contributed by atoms with van der Waals surface area (Å²) in [6.07, 6.45) is -4.04. The highest BCUT2D eigenvalue weighted by Gasteiger charge is 2.29. The van der Waals surface area contributed by atoms with E-state index in [4.69, 9.17) is 5.73 Å². The summed E-state index contributed by atoms with van der Waals surface area (Å²) in [6, 6.07) is 2.69. The van der Waals surface area contributed by atoms with Crippen molar-refractivity contribution in [1.82, 2.24) is 0 Å². The second-order valence-corrected chi connectivity index (χ2v) is 4.61. The van der Waals surface area contributed by atoms with Gasteiger partial charge in [0.2, 0.25) is 5.91 Å². The van der Waals surface area contributed by atoms with Crippen LogP contribution in [0.15, 0.2) is 18.2 Å². The molecule has 0 saturated carbocycles. The molecule has 0 heterocycles. The molecule has 3 N–H and O–H groups in total. The zero-order chi connectivity index (χ0) is 16.0. The fraction of sp³-hybridized carbons (Fsp3) is 0.462. The minimum Gasteiger partial charge on any atom is -0.482 e. The first-order chi connectivity index (χ1) is 9.67. The number of nitrogens with two attached hydrogens (primary N) is 1. The van der Waals surface area contributed by atoms with Crippen LogP contribution in [-0.2, 0) is 4.79 Å². The Bertz CT molecular complexity index is 490. The van der Waals surface area contributed by atoms with Crippen molar-refractivity contribution in [2.75, 3.05) is 11.9 Å². The topological polar surface area (TPSA) is 64.4 Å². The van der Waals surface area contributed by atoms with Gasteiger partial charge in [-0.15, -0.1) is 0 Å². The van der Waals surface area contributed by atoms with E-state index in [9.17, 15) is 22.4 Å². The molecule has 0 bridgehead atoms. The zero-order valence-electron chi connectivity index (χ0n) is 11.3. The number of carbonyl (C=O) groups excluding carboxylic acids is 1. The third-order valence-electron chi connectivity index (χ3n) is 2.43. The number of anilines is 1. The summed E-state index contributed by atoms with van der Waals surface area (Å²) in [6.45, 7) is 0.189. The number of hydrogen-bond acceptors (Lipinski definition) is 3. The first-order valence-corrected chi connectivity index (χ1v) is 6.22. The van der Waals surface area contributed by atoms with Crippen LogP contribution in [0.1, 0.15) is 19.8 Å². The maximum Gasteiger partial charge on any atom is 0.422 e. The monoisotopic (exact) mass is 308 g/mol. The molecular weight excluding hydrogens is 292 g/mol. The van der Waals surface area contributed by atoms with Gasteiger partial charge >= 0.3 is 6.18 Å². The third-order valence-corrected chi connectivity index (χ3v) is 2.43. The SMILES string of the molecule is CC(N)CCC(=O)Nc1cc(F)ccc1OCC(F)(F)F. The molecule has 1 aromatic rings. The molecule has 1 atom stereocenters. The molecule has 0 aliphatic rings. The predicted octanol–water partition coefficient (Wildman–Crippen LogP) is 2.83. The quantitative estimate of drug-likeness (QED) is 0.794. The van der Waals surface area contributed by atoms with Crippen LogP contribution in [0.3, 0.4) is 0 Å². The van der Waals surface area contributed by atoms with Crippen LogP contribution in [0.5, 0.6) is 5.75 Å². The largest absolute Gasteiger partial charge is 0.482 e. The molecule has 118 valence electrons. The van der Waals surface area contributed by atoms with E-state index < -0.39 is 24.5 Å². The minimum atomic E-state index is -4.52. The molecule has 0 fully saturated rings. The number of carbonyl (C=O) groups is 1. The van der Waals surface area contributed by atoms with Crippen molar-refractivity contribution >= 4 is 11.6 Å². The fourth-order valence-electron chi connectivity index (χ4n) is 1.46. The third kappa shape index (κ3) is 6.94. The lowest BCUT2D eigenvalue weighted by molar-refractivity contribution is -0.153. The molecule has 1 rings (SSSR count). The fourth-order valence-corrected chi connectivity index (χ4v) is 1.46. The van der Waals surface area contributed by atoms with Crippen LogP contribution in [0, 0.1) is 5.82 Å². The van der Waals surface area contributed by atoms with Gasteiger partial charge in [-0.1, -0.05) is 0 Å². The standard InChI is InChI=1S/C13H16F4N2O2/c1-8(18)2-5-12(20)19-10-6-9(14)3-4-11(10)21-7-13(15,16)17/h3-4,6,8H,2,5,7,18H2,1H3,(H,19,20). The van der Waals surface area contributed by atoms with Gasteiger partial charge in [0.05, 0.1) is 5.69 Å². The smallest absolute Gasteiger partial charge is 0.422 e.